The molecule has 0 radical (unpaired) electrons. The minimum absolute atomic E-state index is 0.0794. The van der Waals surface area contributed by atoms with Gasteiger partial charge in [-0.3, -0.25) is 10.2 Å². The van der Waals surface area contributed by atoms with Gasteiger partial charge in [0.25, 0.3) is 0 Å². The fourth-order valence-corrected chi connectivity index (χ4v) is 8.34. The molecule has 4 aromatic heterocycles. The molecule has 4 fully saturated rings. The third-order valence-corrected chi connectivity index (χ3v) is 12.4. The molecule has 0 spiro atoms. The van der Waals surface area contributed by atoms with Gasteiger partial charge >= 0.3 is 0 Å². The lowest BCUT2D eigenvalue weighted by Crippen LogP contribution is -2.39. The third kappa shape index (κ3) is 11.7. The number of H-pyrrole nitrogens is 2. The molecule has 21 heteroatoms. The lowest BCUT2D eigenvalue weighted by molar-refractivity contribution is -0.0380. The van der Waals surface area contributed by atoms with Crippen LogP contribution in [-0.2, 0) is 0 Å². The van der Waals surface area contributed by atoms with E-state index in [1.807, 2.05) is 18.7 Å². The fourth-order valence-electron chi connectivity index (χ4n) is 8.34. The largest absolute Gasteiger partial charge is 0.351 e. The van der Waals surface area contributed by atoms with Gasteiger partial charge in [-0.2, -0.15) is 40.1 Å². The van der Waals surface area contributed by atoms with Crippen LogP contribution in [0.4, 0.5) is 54.5 Å². The number of nitrogens with one attached hydrogen (secondary N) is 5. The van der Waals surface area contributed by atoms with Crippen LogP contribution < -0.4 is 20.9 Å². The van der Waals surface area contributed by atoms with Crippen molar-refractivity contribution in [2.75, 3.05) is 27.9 Å². The molecule has 4 heterocycles. The Balaban J connectivity index is 0.000000184. The second-order valence-electron chi connectivity index (χ2n) is 17.5. The number of nitrogens with zero attached hydrogens (tertiary/aromatic N) is 9. The molecule has 0 bridgehead atoms. The van der Waals surface area contributed by atoms with Gasteiger partial charge in [0.05, 0.1) is 23.5 Å². The summed E-state index contributed by atoms with van der Waals surface area (Å²) >= 11 is 0. The van der Waals surface area contributed by atoms with E-state index < -0.39 is 23.4 Å². The first-order valence-corrected chi connectivity index (χ1v) is 21.2. The number of aromatic nitrogens is 10. The lowest BCUT2D eigenvalue weighted by Gasteiger charge is -2.34. The molecule has 0 atom stereocenters. The van der Waals surface area contributed by atoms with Crippen molar-refractivity contribution in [3.63, 3.8) is 0 Å². The first-order chi connectivity index (χ1) is 28.8. The highest BCUT2D eigenvalue weighted by molar-refractivity contribution is 5.61. The maximum absolute atomic E-state index is 14.1. The van der Waals surface area contributed by atoms with Crippen LogP contribution in [0.5, 0.6) is 0 Å². The Morgan fingerprint density at radius 2 is 0.885 bits per heavy atom. The highest BCUT2D eigenvalue weighted by Crippen LogP contribution is 2.38. The summed E-state index contributed by atoms with van der Waals surface area (Å²) in [6.45, 7) is 5.36. The van der Waals surface area contributed by atoms with E-state index >= 15 is 0 Å². The van der Waals surface area contributed by atoms with E-state index in [0.717, 1.165) is 17.0 Å². The van der Waals surface area contributed by atoms with E-state index in [9.17, 15) is 30.7 Å². The Morgan fingerprint density at radius 3 is 1.28 bits per heavy atom. The van der Waals surface area contributed by atoms with Gasteiger partial charge in [-0.15, -0.1) is 0 Å². The molecule has 0 aromatic carbocycles. The molecule has 4 aromatic rings. The van der Waals surface area contributed by atoms with Gasteiger partial charge in [0.15, 0.2) is 11.6 Å². The van der Waals surface area contributed by atoms with Gasteiger partial charge in [-0.1, -0.05) is 0 Å². The van der Waals surface area contributed by atoms with Crippen LogP contribution in [0.15, 0.2) is 12.4 Å². The van der Waals surface area contributed by atoms with Crippen molar-refractivity contribution in [3.8, 4) is 22.8 Å². The van der Waals surface area contributed by atoms with E-state index in [2.05, 4.69) is 66.2 Å². The smallest absolute Gasteiger partial charge is 0.248 e. The average Bonchev–Trinajstić information content (AvgIpc) is 3.85. The minimum atomic E-state index is -2.62. The summed E-state index contributed by atoms with van der Waals surface area (Å²) in [5.74, 6) is -5.57. The molecule has 8 rings (SSSR count). The maximum atomic E-state index is 14.1. The zero-order valence-corrected chi connectivity index (χ0v) is 34.9. The van der Waals surface area contributed by atoms with Crippen molar-refractivity contribution < 1.29 is 30.7 Å². The van der Waals surface area contributed by atoms with Crippen LogP contribution in [0.1, 0.15) is 121 Å². The molecule has 61 heavy (non-hydrogen) atoms. The van der Waals surface area contributed by atoms with Crippen molar-refractivity contribution in [1.82, 2.24) is 50.3 Å². The summed E-state index contributed by atoms with van der Waals surface area (Å²) in [6.07, 6.45) is 6.72. The second-order valence-corrected chi connectivity index (χ2v) is 17.5. The van der Waals surface area contributed by atoms with Crippen LogP contribution in [0.25, 0.3) is 22.8 Å². The lowest BCUT2D eigenvalue weighted by atomic mass is 9.85. The zero-order valence-electron chi connectivity index (χ0n) is 34.9. The van der Waals surface area contributed by atoms with Crippen LogP contribution >= 0.6 is 0 Å². The Labute approximate surface area is 349 Å². The molecule has 4 saturated carbocycles. The number of alkyl halides is 7. The fraction of sp³-hybridized carbons (Fsp3) is 0.700. The summed E-state index contributed by atoms with van der Waals surface area (Å²) in [5.41, 5.74) is 1.93. The predicted molar refractivity (Wildman–Crippen MR) is 217 cm³/mol. The normalized spacial score (nSPS) is 24.3. The van der Waals surface area contributed by atoms with Crippen LogP contribution in [0.3, 0.4) is 0 Å². The Morgan fingerprint density at radius 1 is 0.525 bits per heavy atom. The maximum Gasteiger partial charge on any atom is 0.248 e. The average molecular weight is 865 g/mol. The van der Waals surface area contributed by atoms with Crippen molar-refractivity contribution in [3.05, 3.63) is 23.8 Å². The molecule has 5 N–H and O–H groups in total. The molecule has 14 nitrogen and oxygen atoms in total. The van der Waals surface area contributed by atoms with E-state index in [1.165, 1.54) is 0 Å². The van der Waals surface area contributed by atoms with Crippen molar-refractivity contribution in [1.29, 1.82) is 0 Å². The van der Waals surface area contributed by atoms with Crippen molar-refractivity contribution in [2.45, 2.75) is 171 Å². The van der Waals surface area contributed by atoms with Crippen molar-refractivity contribution >= 4 is 23.8 Å². The van der Waals surface area contributed by atoms with E-state index in [-0.39, 0.29) is 62.7 Å². The highest BCUT2D eigenvalue weighted by atomic mass is 19.3. The molecular weight excluding hydrogens is 810 g/mol. The third-order valence-electron chi connectivity index (χ3n) is 12.4. The number of rotatable bonds is 10. The minimum Gasteiger partial charge on any atom is -0.351 e. The van der Waals surface area contributed by atoms with Crippen molar-refractivity contribution in [2.24, 2.45) is 0 Å². The molecule has 0 unspecified atom stereocenters. The molecular formula is C40H55F7N14. The van der Waals surface area contributed by atoms with Gasteiger partial charge in [0.1, 0.15) is 5.67 Å². The first kappa shape index (κ1) is 44.2. The number of anilines is 4. The molecule has 334 valence electrons. The Bertz CT molecular complexity index is 2000. The summed E-state index contributed by atoms with van der Waals surface area (Å²) in [7, 11) is 1.79. The number of hydrogen-bond donors (Lipinski definition) is 5. The zero-order chi connectivity index (χ0) is 43.6. The number of halogens is 7. The molecule has 0 amide bonds. The van der Waals surface area contributed by atoms with Crippen LogP contribution in [0, 0.1) is 13.8 Å². The first-order valence-electron chi connectivity index (χ1n) is 21.2. The van der Waals surface area contributed by atoms with E-state index in [4.69, 9.17) is 0 Å². The monoisotopic (exact) mass is 864 g/mol. The Kier molecular flexibility index (Phi) is 12.9. The number of aromatic amines is 2. The topological polar surface area (TPSA) is 174 Å². The second kappa shape index (κ2) is 17.9. The molecule has 0 aliphatic heterocycles. The summed E-state index contributed by atoms with van der Waals surface area (Å²) in [4.78, 5) is 28.9. The SMILES string of the molecule is Cc1[nH]ncc1-c1nc(NC2CCC(C)(F)CC2)nc(NC2CCC(F)(F)CC2)n1.Cc1[nH]ncc1-c1nc(NC2CCC(F)(F)CC2)nc(N(C)C2CCC(F)(F)CC2)n1. The summed E-state index contributed by atoms with van der Waals surface area (Å²) in [5, 5.41) is 23.5. The Hall–Kier alpha value is -4.85. The predicted octanol–water partition coefficient (Wildman–Crippen LogP) is 9.22. The summed E-state index contributed by atoms with van der Waals surface area (Å²) in [6, 6.07) is -0.302. The van der Waals surface area contributed by atoms with Gasteiger partial charge in [0.2, 0.25) is 41.6 Å². The molecule has 4 aliphatic carbocycles. The standard InChI is InChI=1S/C20H27F4N7.C20H28F3N7/c1-12-15(11-25-30-12)16-27-17(26-13-3-7-19(21,22)8-4-13)29-18(28-16)31(2)14-5-9-20(23,24)10-6-14;1-12-15(11-24-30-12)16-27-17(25-13-3-7-19(2,21)8-4-13)29-18(28-16)26-14-5-9-20(22,23)10-6-14/h11,13-14H,3-10H2,1-2H3,(H,25,30)(H,26,27,28,29);11,13-14H,3-10H2,1-2H3,(H,24,30)(H2,25,26,27,28,29). The molecule has 0 saturated heterocycles. The van der Waals surface area contributed by atoms with E-state index in [1.54, 1.807) is 26.4 Å². The highest BCUT2D eigenvalue weighted by Gasteiger charge is 2.39. The van der Waals surface area contributed by atoms with Gasteiger partial charge in [-0.05, 0) is 85.0 Å². The van der Waals surface area contributed by atoms with E-state index in [0.29, 0.717) is 105 Å². The summed E-state index contributed by atoms with van der Waals surface area (Å²) < 4.78 is 95.2. The van der Waals surface area contributed by atoms with Gasteiger partial charge < -0.3 is 20.9 Å². The molecule has 4 aliphatic rings. The number of hydrogen-bond acceptors (Lipinski definition) is 12. The van der Waals surface area contributed by atoms with Gasteiger partial charge in [0, 0.05) is 81.1 Å². The quantitative estimate of drug-likeness (QED) is 0.0958. The number of aryl methyl sites for hydroxylation is 2. The van der Waals surface area contributed by atoms with Gasteiger partial charge in [-0.25, -0.2) is 30.7 Å². The van der Waals surface area contributed by atoms with Crippen LogP contribution in [0.2, 0.25) is 0 Å². The van der Waals surface area contributed by atoms with Crippen LogP contribution in [-0.4, -0.2) is 105 Å².